The normalized spacial score (nSPS) is 23.7. The Kier molecular flexibility index (Phi) is 19.6. The van der Waals surface area contributed by atoms with Gasteiger partial charge in [0.25, 0.3) is 11.8 Å². The summed E-state index contributed by atoms with van der Waals surface area (Å²) >= 11 is 0. The number of likely N-dealkylation sites (N-methyl/N-ethyl adjacent to an activating group) is 2. The topological polar surface area (TPSA) is 187 Å². The number of nitrogens with zero attached hydrogens (tertiary/aromatic N) is 4. The largest absolute Gasteiger partial charge is 0.379 e. The first-order valence-corrected chi connectivity index (χ1v) is 22.1. The Morgan fingerprint density at radius 3 is 2.17 bits per heavy atom. The summed E-state index contributed by atoms with van der Waals surface area (Å²) in [7, 11) is 6.75. The molecule has 60 heavy (non-hydrogen) atoms. The fraction of sp³-hybridized carbons (Fsp3) is 0.795. The summed E-state index contributed by atoms with van der Waals surface area (Å²) in [5.41, 5.74) is -0.717. The summed E-state index contributed by atoms with van der Waals surface area (Å²) in [5.74, 6) is -2.71. The molecule has 0 saturated carbocycles. The van der Waals surface area contributed by atoms with E-state index in [9.17, 15) is 33.6 Å². The highest BCUT2D eigenvalue weighted by Crippen LogP contribution is 2.33. The lowest BCUT2D eigenvalue weighted by molar-refractivity contribution is -0.148. The van der Waals surface area contributed by atoms with Gasteiger partial charge in [-0.1, -0.05) is 53.9 Å². The summed E-state index contributed by atoms with van der Waals surface area (Å²) in [6.07, 6.45) is 8.00. The fourth-order valence-electron chi connectivity index (χ4n) is 8.97. The minimum Gasteiger partial charge on any atom is -0.379 e. The number of ether oxygens (including phenoxy) is 2. The molecule has 9 atom stereocenters. The second kappa shape index (κ2) is 23.4. The molecule has 3 N–H and O–H groups in total. The molecular weight excluding hydrogens is 771 g/mol. The first-order valence-electron chi connectivity index (χ1n) is 22.1. The van der Waals surface area contributed by atoms with Crippen molar-refractivity contribution in [1.82, 2.24) is 35.6 Å². The van der Waals surface area contributed by atoms with Gasteiger partial charge >= 0.3 is 0 Å². The van der Waals surface area contributed by atoms with Crippen molar-refractivity contribution in [3.8, 4) is 0 Å². The van der Waals surface area contributed by atoms with E-state index >= 15 is 0 Å². The molecular formula is C44H75N7O9. The van der Waals surface area contributed by atoms with Crippen molar-refractivity contribution in [3.05, 3.63) is 12.2 Å². The number of carbonyl (C=O) groups is 7. The van der Waals surface area contributed by atoms with Gasteiger partial charge < -0.3 is 35.2 Å². The zero-order chi connectivity index (χ0) is 44.9. The van der Waals surface area contributed by atoms with E-state index in [2.05, 4.69) is 27.8 Å². The summed E-state index contributed by atoms with van der Waals surface area (Å²) in [5, 5.41) is 8.63. The third-order valence-corrected chi connectivity index (χ3v) is 13.4. The Balaban J connectivity index is 1.57. The molecule has 16 heteroatoms. The molecule has 0 aromatic rings. The van der Waals surface area contributed by atoms with Gasteiger partial charge in [-0.15, -0.1) is 0 Å². The Morgan fingerprint density at radius 2 is 1.60 bits per heavy atom. The van der Waals surface area contributed by atoms with Crippen molar-refractivity contribution in [2.24, 2.45) is 17.8 Å². The summed E-state index contributed by atoms with van der Waals surface area (Å²) < 4.78 is 11.9. The van der Waals surface area contributed by atoms with E-state index in [-0.39, 0.29) is 78.2 Å². The van der Waals surface area contributed by atoms with Gasteiger partial charge in [-0.2, -0.15) is 0 Å². The maximum Gasteiger partial charge on any atom is 0.253 e. The number of methoxy groups -OCH3 is 2. The van der Waals surface area contributed by atoms with Crippen molar-refractivity contribution < 1.29 is 43.0 Å². The molecule has 7 amide bonds. The van der Waals surface area contributed by atoms with Gasteiger partial charge in [0, 0.05) is 59.1 Å². The van der Waals surface area contributed by atoms with Crippen molar-refractivity contribution >= 4 is 41.4 Å². The molecule has 340 valence electrons. The smallest absolute Gasteiger partial charge is 0.253 e. The standard InChI is InChI=1S/C44H75N7O9/c1-12-29(4)39(48(8)42(57)38(28(2)3)47-43(58)44(7)22-21-30(5)49(44)9)33(59-10)26-37(55)50-25-17-18-32(50)40(60-11)31(6)41(56)46-27-34(52)45-23-15-13-14-16-24-51-35(53)19-20-36(51)54/h19-20,28-33,38-40H,12-18,21-27H2,1-11H3,(H,45,52)(H,46,56)(H,47,58). The highest BCUT2D eigenvalue weighted by atomic mass is 16.5. The zero-order valence-corrected chi connectivity index (χ0v) is 38.2. The quantitative estimate of drug-likeness (QED) is 0.0964. The van der Waals surface area contributed by atoms with Gasteiger partial charge in [-0.3, -0.25) is 43.4 Å². The average Bonchev–Trinajstić information content (AvgIpc) is 3.91. The van der Waals surface area contributed by atoms with Gasteiger partial charge in [0.2, 0.25) is 29.5 Å². The van der Waals surface area contributed by atoms with Crippen LogP contribution in [0.15, 0.2) is 12.2 Å². The Bertz CT molecular complexity index is 1520. The molecule has 2 fully saturated rings. The summed E-state index contributed by atoms with van der Waals surface area (Å²) in [6.45, 7) is 14.8. The molecule has 0 radical (unpaired) electrons. The van der Waals surface area contributed by atoms with Crippen LogP contribution in [0.5, 0.6) is 0 Å². The van der Waals surface area contributed by atoms with Crippen molar-refractivity contribution in [3.63, 3.8) is 0 Å². The minimum absolute atomic E-state index is 0.00550. The number of imide groups is 1. The van der Waals surface area contributed by atoms with Crippen LogP contribution in [-0.4, -0.2) is 157 Å². The molecule has 3 rings (SSSR count). The second-order valence-electron chi connectivity index (χ2n) is 17.7. The van der Waals surface area contributed by atoms with Crippen LogP contribution >= 0.6 is 0 Å². The predicted octanol–water partition coefficient (Wildman–Crippen LogP) is 2.64. The van der Waals surface area contributed by atoms with Gasteiger partial charge in [0.1, 0.15) is 6.04 Å². The Morgan fingerprint density at radius 1 is 0.950 bits per heavy atom. The number of nitrogens with one attached hydrogen (secondary N) is 3. The molecule has 0 aromatic carbocycles. The van der Waals surface area contributed by atoms with Crippen LogP contribution in [0.25, 0.3) is 0 Å². The van der Waals surface area contributed by atoms with Crippen molar-refractivity contribution in [2.45, 2.75) is 155 Å². The van der Waals surface area contributed by atoms with E-state index in [1.807, 2.05) is 41.7 Å². The number of unbranched alkanes of at least 4 members (excludes halogenated alkanes) is 3. The fourth-order valence-corrected chi connectivity index (χ4v) is 8.97. The van der Waals surface area contributed by atoms with Crippen LogP contribution < -0.4 is 16.0 Å². The third kappa shape index (κ3) is 12.6. The van der Waals surface area contributed by atoms with Crippen LogP contribution in [0.1, 0.15) is 113 Å². The molecule has 2 saturated heterocycles. The molecule has 3 aliphatic heterocycles. The summed E-state index contributed by atoms with van der Waals surface area (Å²) in [4.78, 5) is 98.2. The van der Waals surface area contributed by atoms with Crippen LogP contribution in [0.3, 0.4) is 0 Å². The van der Waals surface area contributed by atoms with Crippen LogP contribution in [0.4, 0.5) is 0 Å². The lowest BCUT2D eigenvalue weighted by Gasteiger charge is -2.41. The first-order chi connectivity index (χ1) is 28.3. The monoisotopic (exact) mass is 846 g/mol. The van der Waals surface area contributed by atoms with Crippen LogP contribution in [0.2, 0.25) is 0 Å². The van der Waals surface area contributed by atoms with Crippen molar-refractivity contribution in [2.75, 3.05) is 54.5 Å². The number of carbonyl (C=O) groups excluding carboxylic acids is 7. The number of rotatable bonds is 24. The number of hydrogen-bond acceptors (Lipinski definition) is 10. The maximum atomic E-state index is 14.3. The second-order valence-corrected chi connectivity index (χ2v) is 17.7. The van der Waals surface area contributed by atoms with E-state index in [0.29, 0.717) is 38.9 Å². The molecule has 0 bridgehead atoms. The van der Waals surface area contributed by atoms with E-state index in [1.165, 1.54) is 24.2 Å². The minimum atomic E-state index is -0.769. The highest BCUT2D eigenvalue weighted by Gasteiger charge is 2.47. The van der Waals surface area contributed by atoms with Gasteiger partial charge in [0.15, 0.2) is 0 Å². The summed E-state index contributed by atoms with van der Waals surface area (Å²) in [6, 6.07) is -1.36. The first kappa shape index (κ1) is 50.5. The number of hydrogen-bond donors (Lipinski definition) is 3. The predicted molar refractivity (Wildman–Crippen MR) is 228 cm³/mol. The van der Waals surface area contributed by atoms with Gasteiger partial charge in [-0.25, -0.2) is 0 Å². The SMILES string of the molecule is CCC(C)C(C(CC(=O)N1CCCC1C(OC)C(C)C(=O)NCC(=O)NCCCCCCN1C(=O)C=CC1=O)OC)N(C)C(=O)C(NC(=O)C1(C)CCC(C)N1C)C(C)C. The van der Waals surface area contributed by atoms with Crippen LogP contribution in [0, 0.1) is 17.8 Å². The molecule has 3 aliphatic rings. The van der Waals surface area contributed by atoms with E-state index < -0.39 is 35.7 Å². The number of amides is 7. The number of likely N-dealkylation sites (tertiary alicyclic amines) is 2. The average molecular weight is 846 g/mol. The van der Waals surface area contributed by atoms with Gasteiger partial charge in [0.05, 0.1) is 48.7 Å². The molecule has 3 heterocycles. The molecule has 0 aliphatic carbocycles. The highest BCUT2D eigenvalue weighted by molar-refractivity contribution is 6.12. The molecule has 0 aromatic heterocycles. The van der Waals surface area contributed by atoms with E-state index in [0.717, 1.165) is 38.5 Å². The molecule has 9 unspecified atom stereocenters. The van der Waals surface area contributed by atoms with Crippen LogP contribution in [-0.2, 0) is 43.0 Å². The lowest BCUT2D eigenvalue weighted by Crippen LogP contribution is -2.61. The zero-order valence-electron chi connectivity index (χ0n) is 38.2. The Labute approximate surface area is 358 Å². The molecule has 0 spiro atoms. The molecule has 16 nitrogen and oxygen atoms in total. The van der Waals surface area contributed by atoms with Crippen molar-refractivity contribution in [1.29, 1.82) is 0 Å². The van der Waals surface area contributed by atoms with E-state index in [1.54, 1.807) is 30.9 Å². The lowest BCUT2D eigenvalue weighted by atomic mass is 9.89. The van der Waals surface area contributed by atoms with E-state index in [4.69, 9.17) is 9.47 Å². The van der Waals surface area contributed by atoms with Gasteiger partial charge in [-0.05, 0) is 71.3 Å². The maximum absolute atomic E-state index is 14.3. The third-order valence-electron chi connectivity index (χ3n) is 13.4. The Hall–Kier alpha value is -3.89.